The average Bonchev–Trinajstić information content (AvgIpc) is 2.12. The predicted molar refractivity (Wildman–Crippen MR) is 54.7 cm³/mol. The molecule has 0 aromatic carbocycles. The lowest BCUT2D eigenvalue weighted by Gasteiger charge is -2.03. The summed E-state index contributed by atoms with van der Waals surface area (Å²) in [7, 11) is 0. The van der Waals surface area contributed by atoms with Gasteiger partial charge in [0.15, 0.2) is 0 Å². The monoisotopic (exact) mass is 235 g/mol. The molecular weight excluding hydrogens is 222 g/mol. The van der Waals surface area contributed by atoms with Crippen molar-refractivity contribution in [3.8, 4) is 0 Å². The standard InChI is InChI=1S/C8H13NO5S/c1-2-14-8(13)9-6(10)5-15-4-3-7(11)12/h2-5H2,1H3,(H,11,12)(H,9,10,13). The molecule has 2 amide bonds. The number of carboxylic acids is 1. The molecule has 0 rings (SSSR count). The van der Waals surface area contributed by atoms with Crippen LogP contribution >= 0.6 is 11.8 Å². The van der Waals surface area contributed by atoms with Crippen LogP contribution in [-0.4, -0.2) is 41.2 Å². The summed E-state index contributed by atoms with van der Waals surface area (Å²) in [6.45, 7) is 1.83. The fraction of sp³-hybridized carbons (Fsp3) is 0.625. The van der Waals surface area contributed by atoms with Gasteiger partial charge in [0, 0.05) is 5.75 Å². The Labute approximate surface area is 91.4 Å². The number of hydrogen-bond acceptors (Lipinski definition) is 5. The number of hydrogen-bond donors (Lipinski definition) is 2. The van der Waals surface area contributed by atoms with E-state index >= 15 is 0 Å². The topological polar surface area (TPSA) is 92.7 Å². The van der Waals surface area contributed by atoms with Gasteiger partial charge in [-0.15, -0.1) is 0 Å². The van der Waals surface area contributed by atoms with Crippen LogP contribution in [0, 0.1) is 0 Å². The van der Waals surface area contributed by atoms with Gasteiger partial charge < -0.3 is 9.84 Å². The molecule has 2 N–H and O–H groups in total. The van der Waals surface area contributed by atoms with Crippen molar-refractivity contribution in [3.05, 3.63) is 0 Å². The predicted octanol–water partition coefficient (Wildman–Crippen LogP) is 0.467. The molecule has 0 aliphatic heterocycles. The third kappa shape index (κ3) is 9.07. The van der Waals surface area contributed by atoms with Crippen molar-refractivity contribution in [1.82, 2.24) is 5.32 Å². The van der Waals surface area contributed by atoms with Crippen molar-refractivity contribution in [2.45, 2.75) is 13.3 Å². The first kappa shape index (κ1) is 13.8. The molecule has 0 saturated carbocycles. The van der Waals surface area contributed by atoms with Crippen LogP contribution in [0.3, 0.4) is 0 Å². The van der Waals surface area contributed by atoms with Gasteiger partial charge in [-0.25, -0.2) is 4.79 Å². The minimum atomic E-state index is -0.909. The van der Waals surface area contributed by atoms with Crippen molar-refractivity contribution in [2.24, 2.45) is 0 Å². The van der Waals surface area contributed by atoms with E-state index in [1.165, 1.54) is 0 Å². The van der Waals surface area contributed by atoms with Crippen molar-refractivity contribution in [1.29, 1.82) is 0 Å². The molecule has 7 heteroatoms. The molecule has 0 unspecified atom stereocenters. The van der Waals surface area contributed by atoms with Gasteiger partial charge in [0.1, 0.15) is 0 Å². The number of aliphatic carboxylic acids is 1. The van der Waals surface area contributed by atoms with Crippen LogP contribution in [0.1, 0.15) is 13.3 Å². The van der Waals surface area contributed by atoms with Crippen LogP contribution in [0.5, 0.6) is 0 Å². The van der Waals surface area contributed by atoms with Gasteiger partial charge in [-0.2, -0.15) is 11.8 Å². The molecule has 0 bridgehead atoms. The Hall–Kier alpha value is -1.24. The van der Waals surface area contributed by atoms with Crippen LogP contribution in [0.15, 0.2) is 0 Å². The second kappa shape index (κ2) is 8.10. The minimum absolute atomic E-state index is 0.00263. The highest BCUT2D eigenvalue weighted by Crippen LogP contribution is 2.01. The second-order valence-electron chi connectivity index (χ2n) is 2.46. The smallest absolute Gasteiger partial charge is 0.413 e. The highest BCUT2D eigenvalue weighted by Gasteiger charge is 2.08. The zero-order valence-corrected chi connectivity index (χ0v) is 9.13. The summed E-state index contributed by atoms with van der Waals surface area (Å²) in [4.78, 5) is 31.8. The van der Waals surface area contributed by atoms with Crippen molar-refractivity contribution in [2.75, 3.05) is 18.1 Å². The summed E-state index contributed by atoms with van der Waals surface area (Å²) in [5.74, 6) is -1.00. The third-order valence-corrected chi connectivity index (χ3v) is 2.17. The summed E-state index contributed by atoms with van der Waals surface area (Å²) in [6.07, 6.45) is -0.779. The lowest BCUT2D eigenvalue weighted by atomic mass is 10.5. The van der Waals surface area contributed by atoms with E-state index in [9.17, 15) is 14.4 Å². The molecule has 0 aliphatic carbocycles. The van der Waals surface area contributed by atoms with Crippen molar-refractivity contribution in [3.63, 3.8) is 0 Å². The molecule has 0 aliphatic rings. The Balaban J connectivity index is 3.49. The molecule has 15 heavy (non-hydrogen) atoms. The van der Waals surface area contributed by atoms with E-state index in [0.717, 1.165) is 11.8 Å². The Bertz CT molecular complexity index is 243. The summed E-state index contributed by atoms with van der Waals surface area (Å²) in [5.41, 5.74) is 0. The van der Waals surface area contributed by atoms with E-state index < -0.39 is 18.0 Å². The molecule has 0 fully saturated rings. The molecule has 0 radical (unpaired) electrons. The Morgan fingerprint density at radius 2 is 2.07 bits per heavy atom. The van der Waals surface area contributed by atoms with E-state index in [2.05, 4.69) is 4.74 Å². The van der Waals surface area contributed by atoms with E-state index in [1.54, 1.807) is 6.92 Å². The van der Waals surface area contributed by atoms with Crippen molar-refractivity contribution >= 4 is 29.7 Å². The number of amides is 2. The van der Waals surface area contributed by atoms with Gasteiger partial charge in [-0.3, -0.25) is 14.9 Å². The maximum atomic E-state index is 11.0. The first-order valence-corrected chi connectivity index (χ1v) is 5.48. The average molecular weight is 235 g/mol. The number of imide groups is 1. The Morgan fingerprint density at radius 3 is 2.60 bits per heavy atom. The van der Waals surface area contributed by atoms with Gasteiger partial charge in [0.2, 0.25) is 5.91 Å². The summed E-state index contributed by atoms with van der Waals surface area (Å²) in [5, 5.41) is 10.3. The summed E-state index contributed by atoms with van der Waals surface area (Å²) < 4.78 is 4.48. The molecule has 0 spiro atoms. The number of alkyl carbamates (subject to hydrolysis) is 1. The van der Waals surface area contributed by atoms with Crippen LogP contribution in [0.25, 0.3) is 0 Å². The fourth-order valence-electron chi connectivity index (χ4n) is 0.641. The Kier molecular flexibility index (Phi) is 7.43. The number of nitrogens with one attached hydrogen (secondary N) is 1. The first-order chi connectivity index (χ1) is 7.06. The minimum Gasteiger partial charge on any atom is -0.481 e. The zero-order chi connectivity index (χ0) is 11.7. The van der Waals surface area contributed by atoms with E-state index in [0.29, 0.717) is 5.75 Å². The Morgan fingerprint density at radius 1 is 1.40 bits per heavy atom. The largest absolute Gasteiger partial charge is 0.481 e. The molecule has 0 heterocycles. The highest BCUT2D eigenvalue weighted by molar-refractivity contribution is 7.99. The molecule has 86 valence electrons. The SMILES string of the molecule is CCOC(=O)NC(=O)CSCCC(=O)O. The molecule has 0 aromatic rings. The van der Waals surface area contributed by atoms with Gasteiger partial charge in [0.05, 0.1) is 18.8 Å². The lowest BCUT2D eigenvalue weighted by molar-refractivity contribution is -0.136. The van der Waals surface area contributed by atoms with Crippen LogP contribution in [0.2, 0.25) is 0 Å². The molecular formula is C8H13NO5S. The van der Waals surface area contributed by atoms with E-state index in [-0.39, 0.29) is 18.8 Å². The maximum Gasteiger partial charge on any atom is 0.413 e. The van der Waals surface area contributed by atoms with Crippen LogP contribution < -0.4 is 5.32 Å². The normalized spacial score (nSPS) is 9.40. The number of carboxylic acid groups (broad SMARTS) is 1. The summed E-state index contributed by atoms with van der Waals surface area (Å²) in [6, 6.07) is 0. The molecule has 0 aromatic heterocycles. The molecule has 0 atom stereocenters. The van der Waals surface area contributed by atoms with E-state index in [1.807, 2.05) is 5.32 Å². The van der Waals surface area contributed by atoms with E-state index in [4.69, 9.17) is 5.11 Å². The van der Waals surface area contributed by atoms with Gasteiger partial charge in [0.25, 0.3) is 0 Å². The van der Waals surface area contributed by atoms with Crippen LogP contribution in [0.4, 0.5) is 4.79 Å². The lowest BCUT2D eigenvalue weighted by Crippen LogP contribution is -2.32. The van der Waals surface area contributed by atoms with Crippen molar-refractivity contribution < 1.29 is 24.2 Å². The van der Waals surface area contributed by atoms with Gasteiger partial charge in [-0.05, 0) is 6.92 Å². The first-order valence-electron chi connectivity index (χ1n) is 4.32. The highest BCUT2D eigenvalue weighted by atomic mass is 32.2. The number of carbonyl (C=O) groups is 3. The zero-order valence-electron chi connectivity index (χ0n) is 8.32. The number of thioether (sulfide) groups is 1. The second-order valence-corrected chi connectivity index (χ2v) is 3.57. The maximum absolute atomic E-state index is 11.0. The van der Waals surface area contributed by atoms with Gasteiger partial charge >= 0.3 is 12.1 Å². The number of carbonyl (C=O) groups excluding carboxylic acids is 2. The van der Waals surface area contributed by atoms with Crippen LogP contribution in [-0.2, 0) is 14.3 Å². The summed E-state index contributed by atoms with van der Waals surface area (Å²) >= 11 is 1.15. The molecule has 0 saturated heterocycles. The van der Waals surface area contributed by atoms with Gasteiger partial charge in [-0.1, -0.05) is 0 Å². The molecule has 6 nitrogen and oxygen atoms in total. The number of rotatable bonds is 6. The fourth-order valence-corrected chi connectivity index (χ4v) is 1.36. The number of ether oxygens (including phenoxy) is 1. The quantitative estimate of drug-likeness (QED) is 0.650. The third-order valence-electron chi connectivity index (χ3n) is 1.21.